The SMILES string of the molecule is CC(=O)Nc1cc(Br)ccc1C1OCCO1. The van der Waals surface area contributed by atoms with Crippen LogP contribution in [0.25, 0.3) is 0 Å². The molecule has 0 saturated carbocycles. The first-order chi connectivity index (χ1) is 7.66. The van der Waals surface area contributed by atoms with Gasteiger partial charge in [0.1, 0.15) is 0 Å². The van der Waals surface area contributed by atoms with E-state index in [0.717, 1.165) is 10.0 Å². The smallest absolute Gasteiger partial charge is 0.221 e. The molecule has 1 aromatic carbocycles. The number of benzene rings is 1. The molecule has 1 fully saturated rings. The van der Waals surface area contributed by atoms with Crippen LogP contribution in [0.3, 0.4) is 0 Å². The topological polar surface area (TPSA) is 47.6 Å². The number of ether oxygens (including phenoxy) is 2. The Hall–Kier alpha value is -0.910. The lowest BCUT2D eigenvalue weighted by atomic mass is 10.1. The molecule has 0 unspecified atom stereocenters. The second kappa shape index (κ2) is 4.95. The lowest BCUT2D eigenvalue weighted by Gasteiger charge is -2.15. The Morgan fingerprint density at radius 3 is 2.75 bits per heavy atom. The predicted octanol–water partition coefficient (Wildman–Crippen LogP) is 2.45. The number of halogens is 1. The molecule has 0 radical (unpaired) electrons. The van der Waals surface area contributed by atoms with E-state index in [4.69, 9.17) is 9.47 Å². The summed E-state index contributed by atoms with van der Waals surface area (Å²) in [6, 6.07) is 5.61. The molecule has 4 nitrogen and oxygen atoms in total. The third-order valence-corrected chi connectivity index (χ3v) is 2.70. The summed E-state index contributed by atoms with van der Waals surface area (Å²) in [4.78, 5) is 11.1. The van der Waals surface area contributed by atoms with Gasteiger partial charge in [-0.3, -0.25) is 4.79 Å². The van der Waals surface area contributed by atoms with Gasteiger partial charge in [-0.25, -0.2) is 0 Å². The highest BCUT2D eigenvalue weighted by atomic mass is 79.9. The van der Waals surface area contributed by atoms with Crippen LogP contribution >= 0.6 is 15.9 Å². The van der Waals surface area contributed by atoms with Crippen LogP contribution in [0, 0.1) is 0 Å². The van der Waals surface area contributed by atoms with E-state index >= 15 is 0 Å². The first-order valence-corrected chi connectivity index (χ1v) is 5.76. The number of hydrogen-bond acceptors (Lipinski definition) is 3. The molecule has 1 saturated heterocycles. The third kappa shape index (κ3) is 2.61. The van der Waals surface area contributed by atoms with Gasteiger partial charge in [-0.1, -0.05) is 22.0 Å². The average Bonchev–Trinajstić information content (AvgIpc) is 2.69. The molecule has 0 atom stereocenters. The quantitative estimate of drug-likeness (QED) is 0.908. The fourth-order valence-electron chi connectivity index (χ4n) is 1.57. The summed E-state index contributed by atoms with van der Waals surface area (Å²) in [5.74, 6) is -0.114. The van der Waals surface area contributed by atoms with Crippen molar-refractivity contribution in [3.8, 4) is 0 Å². The van der Waals surface area contributed by atoms with Gasteiger partial charge in [0.15, 0.2) is 6.29 Å². The predicted molar refractivity (Wildman–Crippen MR) is 63.1 cm³/mol. The van der Waals surface area contributed by atoms with Crippen LogP contribution in [0.15, 0.2) is 22.7 Å². The minimum absolute atomic E-state index is 0.114. The standard InChI is InChI=1S/C11H12BrNO3/c1-7(14)13-10-6-8(12)2-3-9(10)11-15-4-5-16-11/h2-3,6,11H,4-5H2,1H3,(H,13,14). The van der Waals surface area contributed by atoms with E-state index in [0.29, 0.717) is 18.9 Å². The highest BCUT2D eigenvalue weighted by Gasteiger charge is 2.21. The zero-order chi connectivity index (χ0) is 11.5. The van der Waals surface area contributed by atoms with Crippen LogP contribution in [0.4, 0.5) is 5.69 Å². The molecule has 1 aliphatic heterocycles. The number of carbonyl (C=O) groups is 1. The van der Waals surface area contributed by atoms with Gasteiger partial charge in [0, 0.05) is 17.0 Å². The van der Waals surface area contributed by atoms with Gasteiger partial charge in [0.05, 0.1) is 18.9 Å². The van der Waals surface area contributed by atoms with E-state index < -0.39 is 0 Å². The molecule has 0 aromatic heterocycles. The van der Waals surface area contributed by atoms with Crippen LogP contribution in [0.5, 0.6) is 0 Å². The summed E-state index contributed by atoms with van der Waals surface area (Å²) in [6.07, 6.45) is -0.380. The van der Waals surface area contributed by atoms with Gasteiger partial charge >= 0.3 is 0 Å². The van der Waals surface area contributed by atoms with Crippen LogP contribution in [-0.4, -0.2) is 19.1 Å². The minimum atomic E-state index is -0.380. The first-order valence-electron chi connectivity index (χ1n) is 4.97. The number of rotatable bonds is 2. The van der Waals surface area contributed by atoms with Gasteiger partial charge in [-0.05, 0) is 12.1 Å². The summed E-state index contributed by atoms with van der Waals surface area (Å²) < 4.78 is 11.7. The molecule has 16 heavy (non-hydrogen) atoms. The van der Waals surface area contributed by atoms with Gasteiger partial charge in [-0.15, -0.1) is 0 Å². The number of hydrogen-bond donors (Lipinski definition) is 1. The van der Waals surface area contributed by atoms with Crippen molar-refractivity contribution in [1.29, 1.82) is 0 Å². The Morgan fingerprint density at radius 1 is 1.44 bits per heavy atom. The van der Waals surface area contributed by atoms with Crippen molar-refractivity contribution in [3.63, 3.8) is 0 Å². The van der Waals surface area contributed by atoms with Gasteiger partial charge in [0.25, 0.3) is 0 Å². The lowest BCUT2D eigenvalue weighted by molar-refractivity contribution is -0.114. The molecule has 1 N–H and O–H groups in total. The molecule has 86 valence electrons. The zero-order valence-electron chi connectivity index (χ0n) is 8.83. The molecule has 5 heteroatoms. The van der Waals surface area contributed by atoms with Crippen molar-refractivity contribution in [1.82, 2.24) is 0 Å². The fraction of sp³-hybridized carbons (Fsp3) is 0.364. The Balaban J connectivity index is 2.30. The van der Waals surface area contributed by atoms with Crippen molar-refractivity contribution < 1.29 is 14.3 Å². The number of anilines is 1. The second-order valence-corrected chi connectivity index (χ2v) is 4.40. The van der Waals surface area contributed by atoms with E-state index in [1.807, 2.05) is 18.2 Å². The molecule has 0 aliphatic carbocycles. The molecule has 0 bridgehead atoms. The van der Waals surface area contributed by atoms with Crippen molar-refractivity contribution in [2.75, 3.05) is 18.5 Å². The second-order valence-electron chi connectivity index (χ2n) is 3.49. The fourth-order valence-corrected chi connectivity index (χ4v) is 1.93. The molecule has 1 heterocycles. The van der Waals surface area contributed by atoms with E-state index in [2.05, 4.69) is 21.2 Å². The Labute approximate surface area is 102 Å². The van der Waals surface area contributed by atoms with Gasteiger partial charge < -0.3 is 14.8 Å². The van der Waals surface area contributed by atoms with Crippen LogP contribution in [0.2, 0.25) is 0 Å². The summed E-state index contributed by atoms with van der Waals surface area (Å²) in [5, 5.41) is 2.76. The third-order valence-electron chi connectivity index (χ3n) is 2.20. The minimum Gasteiger partial charge on any atom is -0.346 e. The van der Waals surface area contributed by atoms with E-state index in [-0.39, 0.29) is 12.2 Å². The highest BCUT2D eigenvalue weighted by molar-refractivity contribution is 9.10. The van der Waals surface area contributed by atoms with Crippen LogP contribution in [-0.2, 0) is 14.3 Å². The van der Waals surface area contributed by atoms with Crippen molar-refractivity contribution in [2.45, 2.75) is 13.2 Å². The largest absolute Gasteiger partial charge is 0.346 e. The normalized spacial score (nSPS) is 16.4. The molecule has 1 aliphatic rings. The van der Waals surface area contributed by atoms with Crippen LogP contribution in [0.1, 0.15) is 18.8 Å². The maximum absolute atomic E-state index is 11.1. The highest BCUT2D eigenvalue weighted by Crippen LogP contribution is 2.31. The van der Waals surface area contributed by atoms with Crippen molar-refractivity contribution >= 4 is 27.5 Å². The molecule has 0 spiro atoms. The van der Waals surface area contributed by atoms with Crippen molar-refractivity contribution in [3.05, 3.63) is 28.2 Å². The summed E-state index contributed by atoms with van der Waals surface area (Å²) >= 11 is 3.36. The summed E-state index contributed by atoms with van der Waals surface area (Å²) in [7, 11) is 0. The average molecular weight is 286 g/mol. The lowest BCUT2D eigenvalue weighted by Crippen LogP contribution is -2.10. The van der Waals surface area contributed by atoms with E-state index in [9.17, 15) is 4.79 Å². The Morgan fingerprint density at radius 2 is 2.12 bits per heavy atom. The summed E-state index contributed by atoms with van der Waals surface area (Å²) in [5.41, 5.74) is 1.56. The van der Waals surface area contributed by atoms with E-state index in [1.165, 1.54) is 6.92 Å². The van der Waals surface area contributed by atoms with Gasteiger partial charge in [-0.2, -0.15) is 0 Å². The number of nitrogens with one attached hydrogen (secondary N) is 1. The Kier molecular flexibility index (Phi) is 3.58. The van der Waals surface area contributed by atoms with E-state index in [1.54, 1.807) is 0 Å². The Bertz CT molecular complexity index is 402. The molecular weight excluding hydrogens is 274 g/mol. The number of amides is 1. The van der Waals surface area contributed by atoms with Crippen LogP contribution < -0.4 is 5.32 Å². The molecule has 1 aromatic rings. The van der Waals surface area contributed by atoms with Gasteiger partial charge in [0.2, 0.25) is 5.91 Å². The maximum Gasteiger partial charge on any atom is 0.221 e. The first kappa shape index (κ1) is 11.6. The zero-order valence-corrected chi connectivity index (χ0v) is 10.4. The molecule has 1 amide bonds. The molecule has 2 rings (SSSR count). The molecular formula is C11H12BrNO3. The monoisotopic (exact) mass is 285 g/mol. The van der Waals surface area contributed by atoms with Crippen molar-refractivity contribution in [2.24, 2.45) is 0 Å². The number of carbonyl (C=O) groups excluding carboxylic acids is 1. The maximum atomic E-state index is 11.1. The summed E-state index contributed by atoms with van der Waals surface area (Å²) in [6.45, 7) is 2.64.